The van der Waals surface area contributed by atoms with E-state index in [0.29, 0.717) is 13.0 Å². The van der Waals surface area contributed by atoms with Crippen LogP contribution in [0.2, 0.25) is 0 Å². The molecule has 6 heteroatoms. The Hall–Kier alpha value is -2.37. The average molecular weight is 327 g/mol. The molecule has 0 bridgehead atoms. The van der Waals surface area contributed by atoms with E-state index in [9.17, 15) is 4.79 Å². The van der Waals surface area contributed by atoms with Crippen LogP contribution in [0.1, 0.15) is 36.6 Å². The summed E-state index contributed by atoms with van der Waals surface area (Å²) in [5, 5.41) is 4.25. The highest BCUT2D eigenvalue weighted by molar-refractivity contribution is 5.77. The highest BCUT2D eigenvalue weighted by atomic mass is 16.2. The maximum Gasteiger partial charge on any atom is 0.224 e. The van der Waals surface area contributed by atoms with Gasteiger partial charge < -0.3 is 9.80 Å². The molecule has 0 N–H and O–H groups in total. The topological polar surface area (TPSA) is 54.3 Å². The Bertz CT molecular complexity index is 709. The van der Waals surface area contributed by atoms with E-state index in [-0.39, 0.29) is 11.9 Å². The van der Waals surface area contributed by atoms with Gasteiger partial charge in [-0.3, -0.25) is 9.48 Å². The van der Waals surface area contributed by atoms with Gasteiger partial charge in [-0.15, -0.1) is 0 Å². The van der Waals surface area contributed by atoms with Gasteiger partial charge in [0.25, 0.3) is 0 Å². The number of hydrogen-bond donors (Lipinski definition) is 0. The SMILES string of the molecule is Cc1ccnn1CCC(=O)N1CCC[C@H]1c1ccnc(N(C)C)c1. The molecule has 0 saturated carbocycles. The van der Waals surface area contributed by atoms with Crippen LogP contribution in [-0.2, 0) is 11.3 Å². The van der Waals surface area contributed by atoms with Crippen LogP contribution >= 0.6 is 0 Å². The maximum atomic E-state index is 12.7. The van der Waals surface area contributed by atoms with E-state index in [4.69, 9.17) is 0 Å². The van der Waals surface area contributed by atoms with Crippen LogP contribution in [0.3, 0.4) is 0 Å². The second-order valence-electron chi connectivity index (χ2n) is 6.53. The first-order chi connectivity index (χ1) is 11.6. The molecule has 1 aliphatic heterocycles. The fourth-order valence-corrected chi connectivity index (χ4v) is 3.28. The minimum atomic E-state index is 0.165. The molecular weight excluding hydrogens is 302 g/mol. The predicted molar refractivity (Wildman–Crippen MR) is 93.8 cm³/mol. The molecule has 0 radical (unpaired) electrons. The summed E-state index contributed by atoms with van der Waals surface area (Å²) in [6, 6.07) is 6.25. The molecule has 3 heterocycles. The molecule has 1 aliphatic rings. The molecule has 0 spiro atoms. The van der Waals surface area contributed by atoms with Gasteiger partial charge in [0.05, 0.1) is 6.04 Å². The molecule has 3 rings (SSSR count). The number of anilines is 1. The number of hydrogen-bond acceptors (Lipinski definition) is 4. The van der Waals surface area contributed by atoms with Gasteiger partial charge in [0, 0.05) is 51.7 Å². The zero-order chi connectivity index (χ0) is 17.1. The Kier molecular flexibility index (Phi) is 4.83. The lowest BCUT2D eigenvalue weighted by molar-refractivity contribution is -0.132. The predicted octanol–water partition coefficient (Wildman–Crippen LogP) is 2.41. The van der Waals surface area contributed by atoms with Crippen molar-refractivity contribution in [2.24, 2.45) is 0 Å². The zero-order valence-corrected chi connectivity index (χ0v) is 14.6. The third-order valence-electron chi connectivity index (χ3n) is 4.65. The third kappa shape index (κ3) is 3.42. The van der Waals surface area contributed by atoms with E-state index in [2.05, 4.69) is 16.1 Å². The van der Waals surface area contributed by atoms with E-state index < -0.39 is 0 Å². The Balaban J connectivity index is 1.69. The normalized spacial score (nSPS) is 17.3. The van der Waals surface area contributed by atoms with Gasteiger partial charge in [0.15, 0.2) is 0 Å². The summed E-state index contributed by atoms with van der Waals surface area (Å²) in [6.45, 7) is 3.48. The third-order valence-corrected chi connectivity index (χ3v) is 4.65. The van der Waals surface area contributed by atoms with E-state index in [1.807, 2.05) is 53.8 Å². The highest BCUT2D eigenvalue weighted by Crippen LogP contribution is 2.33. The van der Waals surface area contributed by atoms with Gasteiger partial charge in [-0.1, -0.05) is 0 Å². The molecule has 0 aliphatic carbocycles. The van der Waals surface area contributed by atoms with Crippen LogP contribution in [0.25, 0.3) is 0 Å². The van der Waals surface area contributed by atoms with Crippen LogP contribution < -0.4 is 4.90 Å². The smallest absolute Gasteiger partial charge is 0.224 e. The molecular formula is C18H25N5O. The van der Waals surface area contributed by atoms with Gasteiger partial charge in [-0.2, -0.15) is 5.10 Å². The number of nitrogens with zero attached hydrogens (tertiary/aromatic N) is 5. The standard InChI is InChI=1S/C18H25N5O/c1-14-6-10-20-23(14)12-8-18(24)22-11-4-5-16(22)15-7-9-19-17(13-15)21(2)3/h6-7,9-10,13,16H,4-5,8,11-12H2,1-3H3/t16-/m0/s1. The lowest BCUT2D eigenvalue weighted by Gasteiger charge is -2.26. The molecule has 2 aromatic heterocycles. The van der Waals surface area contributed by atoms with Crippen LogP contribution in [0.5, 0.6) is 0 Å². The van der Waals surface area contributed by atoms with Crippen molar-refractivity contribution in [3.63, 3.8) is 0 Å². The molecule has 1 atom stereocenters. The monoisotopic (exact) mass is 327 g/mol. The molecule has 1 saturated heterocycles. The molecule has 6 nitrogen and oxygen atoms in total. The minimum Gasteiger partial charge on any atom is -0.363 e. The summed E-state index contributed by atoms with van der Waals surface area (Å²) < 4.78 is 1.89. The van der Waals surface area contributed by atoms with Crippen molar-refractivity contribution < 1.29 is 4.79 Å². The van der Waals surface area contributed by atoms with Gasteiger partial charge in [0.1, 0.15) is 5.82 Å². The highest BCUT2D eigenvalue weighted by Gasteiger charge is 2.30. The molecule has 1 fully saturated rings. The molecule has 24 heavy (non-hydrogen) atoms. The first-order valence-corrected chi connectivity index (χ1v) is 8.47. The first kappa shape index (κ1) is 16.5. The van der Waals surface area contributed by atoms with Crippen LogP contribution in [-0.4, -0.2) is 46.2 Å². The van der Waals surface area contributed by atoms with E-state index in [1.165, 1.54) is 5.56 Å². The number of carbonyl (C=O) groups excluding carboxylic acids is 1. The lowest BCUT2D eigenvalue weighted by Crippen LogP contribution is -2.31. The summed E-state index contributed by atoms with van der Waals surface area (Å²) in [4.78, 5) is 21.1. The zero-order valence-electron chi connectivity index (χ0n) is 14.6. The number of rotatable bonds is 5. The van der Waals surface area contributed by atoms with Gasteiger partial charge in [-0.05, 0) is 43.5 Å². The minimum absolute atomic E-state index is 0.165. The summed E-state index contributed by atoms with van der Waals surface area (Å²) in [6.07, 6.45) is 6.17. The van der Waals surface area contributed by atoms with Crippen molar-refractivity contribution in [2.45, 2.75) is 38.8 Å². The van der Waals surface area contributed by atoms with E-state index in [1.54, 1.807) is 6.20 Å². The molecule has 2 aromatic rings. The van der Waals surface area contributed by atoms with Crippen LogP contribution in [0.4, 0.5) is 5.82 Å². The van der Waals surface area contributed by atoms with E-state index >= 15 is 0 Å². The Labute approximate surface area is 143 Å². The number of aromatic nitrogens is 3. The Morgan fingerprint density at radius 1 is 1.33 bits per heavy atom. The molecule has 128 valence electrons. The van der Waals surface area contributed by atoms with E-state index in [0.717, 1.165) is 30.9 Å². The Morgan fingerprint density at radius 2 is 2.17 bits per heavy atom. The fourth-order valence-electron chi connectivity index (χ4n) is 3.28. The molecule has 0 unspecified atom stereocenters. The largest absolute Gasteiger partial charge is 0.363 e. The number of likely N-dealkylation sites (tertiary alicyclic amines) is 1. The second-order valence-corrected chi connectivity index (χ2v) is 6.53. The van der Waals surface area contributed by atoms with Gasteiger partial charge >= 0.3 is 0 Å². The molecule has 1 amide bonds. The summed E-state index contributed by atoms with van der Waals surface area (Å²) in [5.74, 6) is 1.13. The number of carbonyl (C=O) groups is 1. The average Bonchev–Trinajstić information content (AvgIpc) is 3.21. The van der Waals surface area contributed by atoms with Crippen molar-refractivity contribution in [3.05, 3.63) is 41.9 Å². The van der Waals surface area contributed by atoms with Crippen molar-refractivity contribution in [1.82, 2.24) is 19.7 Å². The van der Waals surface area contributed by atoms with Gasteiger partial charge in [-0.25, -0.2) is 4.98 Å². The second kappa shape index (κ2) is 7.03. The lowest BCUT2D eigenvalue weighted by atomic mass is 10.1. The summed E-state index contributed by atoms with van der Waals surface area (Å²) in [5.41, 5.74) is 2.26. The van der Waals surface area contributed by atoms with Crippen molar-refractivity contribution in [1.29, 1.82) is 0 Å². The maximum absolute atomic E-state index is 12.7. The quantitative estimate of drug-likeness (QED) is 0.846. The summed E-state index contributed by atoms with van der Waals surface area (Å²) >= 11 is 0. The van der Waals surface area contributed by atoms with Gasteiger partial charge in [0.2, 0.25) is 5.91 Å². The number of pyridine rings is 1. The van der Waals surface area contributed by atoms with Crippen LogP contribution in [0.15, 0.2) is 30.6 Å². The summed E-state index contributed by atoms with van der Waals surface area (Å²) in [7, 11) is 3.96. The van der Waals surface area contributed by atoms with Crippen molar-refractivity contribution >= 4 is 11.7 Å². The van der Waals surface area contributed by atoms with Crippen molar-refractivity contribution in [2.75, 3.05) is 25.5 Å². The number of amides is 1. The van der Waals surface area contributed by atoms with Crippen LogP contribution in [0, 0.1) is 6.92 Å². The fraction of sp³-hybridized carbons (Fsp3) is 0.500. The first-order valence-electron chi connectivity index (χ1n) is 8.47. The van der Waals surface area contributed by atoms with Crippen molar-refractivity contribution in [3.8, 4) is 0 Å². The Morgan fingerprint density at radius 3 is 2.88 bits per heavy atom. The number of aryl methyl sites for hydroxylation is 2. The molecule has 0 aromatic carbocycles.